The second kappa shape index (κ2) is 8.13. The summed E-state index contributed by atoms with van der Waals surface area (Å²) in [5.74, 6) is -0.269. The maximum Gasteiger partial charge on any atom is 0.295 e. The normalized spacial score (nSPS) is 15.7. The highest BCUT2D eigenvalue weighted by Gasteiger charge is 2.34. The monoisotopic (exact) mass is 479 g/mol. The molecule has 7 heteroatoms. The molecule has 0 unspecified atom stereocenters. The summed E-state index contributed by atoms with van der Waals surface area (Å²) in [6, 6.07) is 15.6. The predicted molar refractivity (Wildman–Crippen MR) is 116 cm³/mol. The van der Waals surface area contributed by atoms with Crippen molar-refractivity contribution in [1.82, 2.24) is 4.90 Å². The van der Waals surface area contributed by atoms with Gasteiger partial charge in [-0.3, -0.25) is 14.5 Å². The van der Waals surface area contributed by atoms with Crippen molar-refractivity contribution in [3.63, 3.8) is 0 Å². The first-order valence-electron chi connectivity index (χ1n) is 7.96. The molecule has 0 bridgehead atoms. The summed E-state index contributed by atoms with van der Waals surface area (Å²) < 4.78 is 1.13. The minimum Gasteiger partial charge on any atom is -0.378 e. The van der Waals surface area contributed by atoms with Crippen LogP contribution >= 0.6 is 34.4 Å². The number of carbonyl (C=O) groups excluding carboxylic acids is 2. The van der Waals surface area contributed by atoms with E-state index in [2.05, 4.69) is 27.9 Å². The van der Waals surface area contributed by atoms with Gasteiger partial charge in [-0.2, -0.15) is 0 Å². The highest BCUT2D eigenvalue weighted by Crippen LogP contribution is 2.32. The smallest absolute Gasteiger partial charge is 0.295 e. The molecule has 0 radical (unpaired) electrons. The third kappa shape index (κ3) is 4.39. The molecule has 0 atom stereocenters. The van der Waals surface area contributed by atoms with Crippen molar-refractivity contribution in [2.24, 2.45) is 0 Å². The topological polar surface area (TPSA) is 52.7 Å². The fraction of sp³-hybridized carbons (Fsp3) is 0.158. The number of hydrogen-bond acceptors (Lipinski definition) is 5. The summed E-state index contributed by atoms with van der Waals surface area (Å²) in [7, 11) is 3.95. The van der Waals surface area contributed by atoms with E-state index in [1.165, 1.54) is 4.90 Å². The molecular weight excluding hydrogens is 461 g/mol. The van der Waals surface area contributed by atoms with E-state index in [9.17, 15) is 9.59 Å². The van der Waals surface area contributed by atoms with Crippen LogP contribution in [-0.2, 0) is 4.79 Å². The number of benzene rings is 2. The molecule has 1 aliphatic rings. The standard InChI is InChI=1S/C19H18IN3O2S/c1-22(2)16-9-3-13(4-10-16)11-17-18(24)23(19(25)26-17)12-21-15-7-5-14(20)6-8-15/h3-11,21H,12H2,1-2H3/b17-11+. The van der Waals surface area contributed by atoms with Gasteiger partial charge in [-0.25, -0.2) is 0 Å². The van der Waals surface area contributed by atoms with Crippen molar-refractivity contribution in [3.8, 4) is 0 Å². The number of anilines is 2. The van der Waals surface area contributed by atoms with E-state index in [4.69, 9.17) is 0 Å². The number of imide groups is 1. The summed E-state index contributed by atoms with van der Waals surface area (Å²) in [5, 5.41) is 2.85. The van der Waals surface area contributed by atoms with Gasteiger partial charge in [-0.15, -0.1) is 0 Å². The van der Waals surface area contributed by atoms with Gasteiger partial charge in [-0.05, 0) is 82.4 Å². The molecule has 3 rings (SSSR count). The molecule has 1 aliphatic heterocycles. The van der Waals surface area contributed by atoms with Gasteiger partial charge in [0.05, 0.1) is 11.6 Å². The Balaban J connectivity index is 1.68. The highest BCUT2D eigenvalue weighted by atomic mass is 127. The van der Waals surface area contributed by atoms with Crippen molar-refractivity contribution in [2.75, 3.05) is 31.0 Å². The van der Waals surface area contributed by atoms with Gasteiger partial charge in [0, 0.05) is 29.0 Å². The number of halogens is 1. The number of nitrogens with one attached hydrogen (secondary N) is 1. The number of nitrogens with zero attached hydrogens (tertiary/aromatic N) is 2. The number of rotatable bonds is 5. The number of thioether (sulfide) groups is 1. The third-order valence-electron chi connectivity index (χ3n) is 3.87. The molecule has 0 saturated carbocycles. The number of hydrogen-bond donors (Lipinski definition) is 1. The number of carbonyl (C=O) groups is 2. The highest BCUT2D eigenvalue weighted by molar-refractivity contribution is 14.1. The van der Waals surface area contributed by atoms with Crippen LogP contribution in [0.25, 0.3) is 6.08 Å². The van der Waals surface area contributed by atoms with Gasteiger partial charge in [0.1, 0.15) is 0 Å². The lowest BCUT2D eigenvalue weighted by Crippen LogP contribution is -2.33. The molecule has 2 aromatic rings. The molecule has 5 nitrogen and oxygen atoms in total. The SMILES string of the molecule is CN(C)c1ccc(/C=C2/SC(=O)N(CNc3ccc(I)cc3)C2=O)cc1. The van der Waals surface area contributed by atoms with E-state index < -0.39 is 0 Å². The zero-order chi connectivity index (χ0) is 18.7. The molecule has 1 heterocycles. The zero-order valence-electron chi connectivity index (χ0n) is 14.4. The Bertz CT molecular complexity index is 848. The molecular formula is C19H18IN3O2S. The van der Waals surface area contributed by atoms with E-state index in [-0.39, 0.29) is 17.8 Å². The molecule has 1 saturated heterocycles. The predicted octanol–water partition coefficient (Wildman–Crippen LogP) is 4.46. The van der Waals surface area contributed by atoms with Crippen LogP contribution < -0.4 is 10.2 Å². The molecule has 0 aromatic heterocycles. The minimum atomic E-state index is -0.269. The van der Waals surface area contributed by atoms with Crippen molar-refractivity contribution < 1.29 is 9.59 Å². The van der Waals surface area contributed by atoms with E-state index in [1.54, 1.807) is 6.08 Å². The fourth-order valence-corrected chi connectivity index (χ4v) is 3.59. The maximum absolute atomic E-state index is 12.5. The molecule has 26 heavy (non-hydrogen) atoms. The molecule has 1 N–H and O–H groups in total. The summed E-state index contributed by atoms with van der Waals surface area (Å²) in [6.07, 6.45) is 1.76. The summed E-state index contributed by atoms with van der Waals surface area (Å²) in [6.45, 7) is 0.155. The number of amides is 2. The summed E-state index contributed by atoms with van der Waals surface area (Å²) >= 11 is 3.20. The molecule has 2 amide bonds. The van der Waals surface area contributed by atoms with E-state index >= 15 is 0 Å². The first-order valence-corrected chi connectivity index (χ1v) is 9.86. The minimum absolute atomic E-state index is 0.155. The van der Waals surface area contributed by atoms with Crippen molar-refractivity contribution >= 4 is 62.9 Å². The summed E-state index contributed by atoms with van der Waals surface area (Å²) in [4.78, 5) is 28.4. The maximum atomic E-state index is 12.5. The molecule has 2 aromatic carbocycles. The largest absolute Gasteiger partial charge is 0.378 e. The fourth-order valence-electron chi connectivity index (χ4n) is 2.39. The molecule has 1 fully saturated rings. The Hall–Kier alpha value is -2.00. The second-order valence-corrected chi connectivity index (χ2v) is 8.18. The third-order valence-corrected chi connectivity index (χ3v) is 5.49. The van der Waals surface area contributed by atoms with Gasteiger partial charge in [0.15, 0.2) is 0 Å². The lowest BCUT2D eigenvalue weighted by Gasteiger charge is -2.14. The lowest BCUT2D eigenvalue weighted by atomic mass is 10.2. The van der Waals surface area contributed by atoms with Gasteiger partial charge in [0.2, 0.25) is 0 Å². The van der Waals surface area contributed by atoms with E-state index in [0.717, 1.165) is 32.3 Å². The lowest BCUT2D eigenvalue weighted by molar-refractivity contribution is -0.122. The van der Waals surface area contributed by atoms with Crippen LogP contribution in [0.5, 0.6) is 0 Å². The quantitative estimate of drug-likeness (QED) is 0.507. The Kier molecular flexibility index (Phi) is 5.87. The van der Waals surface area contributed by atoms with Crippen LogP contribution in [0.1, 0.15) is 5.56 Å². The van der Waals surface area contributed by atoms with E-state index in [0.29, 0.717) is 4.91 Å². The molecule has 0 aliphatic carbocycles. The Morgan fingerprint density at radius 1 is 1.08 bits per heavy atom. The first kappa shape index (κ1) is 18.8. The van der Waals surface area contributed by atoms with E-state index in [1.807, 2.05) is 67.5 Å². The zero-order valence-corrected chi connectivity index (χ0v) is 17.4. The van der Waals surface area contributed by atoms with Crippen LogP contribution in [0.3, 0.4) is 0 Å². The average molecular weight is 479 g/mol. The second-order valence-electron chi connectivity index (χ2n) is 5.94. The first-order chi connectivity index (χ1) is 12.4. The van der Waals surface area contributed by atoms with Gasteiger partial charge in [0.25, 0.3) is 11.1 Å². The average Bonchev–Trinajstić information content (AvgIpc) is 2.88. The van der Waals surface area contributed by atoms with Gasteiger partial charge >= 0.3 is 0 Å². The van der Waals surface area contributed by atoms with Crippen LogP contribution in [0, 0.1) is 3.57 Å². The van der Waals surface area contributed by atoms with Crippen molar-refractivity contribution in [3.05, 3.63) is 62.6 Å². The van der Waals surface area contributed by atoms with Crippen LogP contribution in [0.15, 0.2) is 53.4 Å². The molecule has 134 valence electrons. The Labute approximate surface area is 170 Å². The Morgan fingerprint density at radius 2 is 1.73 bits per heavy atom. The van der Waals surface area contributed by atoms with Crippen LogP contribution in [0.2, 0.25) is 0 Å². The van der Waals surface area contributed by atoms with Crippen LogP contribution in [-0.4, -0.2) is 36.8 Å². The van der Waals surface area contributed by atoms with Gasteiger partial charge in [-0.1, -0.05) is 12.1 Å². The van der Waals surface area contributed by atoms with Gasteiger partial charge < -0.3 is 10.2 Å². The summed E-state index contributed by atoms with van der Waals surface area (Å²) in [5.41, 5.74) is 2.84. The van der Waals surface area contributed by atoms with Crippen molar-refractivity contribution in [1.29, 1.82) is 0 Å². The van der Waals surface area contributed by atoms with Crippen molar-refractivity contribution in [2.45, 2.75) is 0 Å². The van der Waals surface area contributed by atoms with Crippen LogP contribution in [0.4, 0.5) is 16.2 Å². The molecule has 0 spiro atoms. The Morgan fingerprint density at radius 3 is 2.35 bits per heavy atom.